The molecule has 0 fully saturated rings. The Morgan fingerprint density at radius 1 is 1.47 bits per heavy atom. The lowest BCUT2D eigenvalue weighted by atomic mass is 10.2. The average Bonchev–Trinajstić information content (AvgIpc) is 2.66. The van der Waals surface area contributed by atoms with Crippen LogP contribution in [-0.2, 0) is 5.88 Å². The molecule has 0 N–H and O–H groups in total. The van der Waals surface area contributed by atoms with E-state index in [2.05, 4.69) is 16.8 Å². The topological polar surface area (TPSA) is 21.1 Å². The number of fused-ring (bicyclic) bond motifs is 1. The second-order valence-electron chi connectivity index (χ2n) is 4.90. The molecule has 1 heterocycles. The Hall–Kier alpha value is -0.400. The third-order valence-corrected chi connectivity index (χ3v) is 4.06. The van der Waals surface area contributed by atoms with Gasteiger partial charge in [0.2, 0.25) is 0 Å². The Morgan fingerprint density at radius 3 is 2.74 bits per heavy atom. The highest BCUT2D eigenvalue weighted by molar-refractivity contribution is 14.1. The van der Waals surface area contributed by atoms with E-state index in [1.807, 2.05) is 41.3 Å². The average molecular weight is 396 g/mol. The Morgan fingerprint density at radius 2 is 2.16 bits per heavy atom. The number of alkyl halides is 1. The molecule has 0 bridgehead atoms. The molecule has 0 radical (unpaired) electrons. The van der Waals surface area contributed by atoms with E-state index >= 15 is 0 Å². The molecule has 0 aliphatic heterocycles. The van der Waals surface area contributed by atoms with Gasteiger partial charge in [0.15, 0.2) is 0 Å². The number of aromatic nitrogens is 2. The molecule has 2 aromatic rings. The van der Waals surface area contributed by atoms with Crippen LogP contribution >= 0.6 is 34.2 Å². The molecule has 104 valence electrons. The third kappa shape index (κ3) is 3.03. The van der Waals surface area contributed by atoms with Gasteiger partial charge < -0.3 is 9.47 Å². The SMILES string of the molecule is CC(CN(C)C)n1c(CCl)nc2cc(I)c(F)cc21. The molecule has 0 aliphatic rings. The van der Waals surface area contributed by atoms with Gasteiger partial charge in [-0.2, -0.15) is 0 Å². The van der Waals surface area contributed by atoms with Gasteiger partial charge in [0, 0.05) is 18.7 Å². The molecule has 0 saturated heterocycles. The Labute approximate surface area is 130 Å². The molecule has 19 heavy (non-hydrogen) atoms. The van der Waals surface area contributed by atoms with E-state index in [1.165, 1.54) is 0 Å². The van der Waals surface area contributed by atoms with E-state index in [1.54, 1.807) is 12.1 Å². The van der Waals surface area contributed by atoms with Crippen molar-refractivity contribution >= 4 is 45.2 Å². The molecule has 1 aromatic heterocycles. The molecule has 3 nitrogen and oxygen atoms in total. The first-order valence-corrected chi connectivity index (χ1v) is 7.62. The number of nitrogens with zero attached hydrogens (tertiary/aromatic N) is 3. The van der Waals surface area contributed by atoms with Crippen molar-refractivity contribution in [3.63, 3.8) is 0 Å². The van der Waals surface area contributed by atoms with Crippen LogP contribution in [0.1, 0.15) is 18.8 Å². The van der Waals surface area contributed by atoms with Gasteiger partial charge in [0.1, 0.15) is 11.6 Å². The molecule has 0 spiro atoms. The summed E-state index contributed by atoms with van der Waals surface area (Å²) in [4.78, 5) is 6.60. The molecular formula is C13H16ClFIN3. The molecular weight excluding hydrogens is 380 g/mol. The Bertz CT molecular complexity index is 597. The first-order chi connectivity index (χ1) is 8.93. The lowest BCUT2D eigenvalue weighted by molar-refractivity contribution is 0.337. The summed E-state index contributed by atoms with van der Waals surface area (Å²) in [5.74, 6) is 0.893. The summed E-state index contributed by atoms with van der Waals surface area (Å²) in [5.41, 5.74) is 1.61. The van der Waals surface area contributed by atoms with Crippen LogP contribution in [-0.4, -0.2) is 35.1 Å². The highest BCUT2D eigenvalue weighted by Gasteiger charge is 2.17. The maximum Gasteiger partial charge on any atom is 0.138 e. The summed E-state index contributed by atoms with van der Waals surface area (Å²) in [6.07, 6.45) is 0. The van der Waals surface area contributed by atoms with Crippen molar-refractivity contribution in [2.45, 2.75) is 18.8 Å². The van der Waals surface area contributed by atoms with Crippen LogP contribution in [0.4, 0.5) is 4.39 Å². The fraction of sp³-hybridized carbons (Fsp3) is 0.462. The highest BCUT2D eigenvalue weighted by atomic mass is 127. The third-order valence-electron chi connectivity index (χ3n) is 2.99. The standard InChI is InChI=1S/C13H16ClFIN3/c1-8(7-18(2)3)19-12-4-9(15)10(16)5-11(12)17-13(19)6-14/h4-5,8H,6-7H2,1-3H3. The minimum absolute atomic E-state index is 0.188. The Kier molecular flexibility index (Phi) is 4.68. The lowest BCUT2D eigenvalue weighted by Gasteiger charge is -2.20. The van der Waals surface area contributed by atoms with Gasteiger partial charge >= 0.3 is 0 Å². The number of benzene rings is 1. The number of imidazole rings is 1. The van der Waals surface area contributed by atoms with Crippen LogP contribution < -0.4 is 0 Å². The Balaban J connectivity index is 2.59. The van der Waals surface area contributed by atoms with Crippen molar-refractivity contribution in [3.8, 4) is 0 Å². The lowest BCUT2D eigenvalue weighted by Crippen LogP contribution is -2.23. The molecule has 0 amide bonds. The summed E-state index contributed by atoms with van der Waals surface area (Å²) < 4.78 is 16.4. The number of hydrogen-bond donors (Lipinski definition) is 0. The van der Waals surface area contributed by atoms with Gasteiger partial charge in [0.05, 0.1) is 20.5 Å². The van der Waals surface area contributed by atoms with Gasteiger partial charge in [-0.3, -0.25) is 0 Å². The smallest absolute Gasteiger partial charge is 0.138 e. The zero-order chi connectivity index (χ0) is 14.2. The largest absolute Gasteiger partial charge is 0.323 e. The molecule has 0 saturated carbocycles. The summed E-state index contributed by atoms with van der Waals surface area (Å²) in [5, 5.41) is 0. The highest BCUT2D eigenvalue weighted by Crippen LogP contribution is 2.26. The molecule has 0 aliphatic carbocycles. The van der Waals surface area contributed by atoms with E-state index < -0.39 is 0 Å². The summed E-state index contributed by atoms with van der Waals surface area (Å²) in [6, 6.07) is 3.50. The van der Waals surface area contributed by atoms with Crippen LogP contribution in [0.2, 0.25) is 0 Å². The van der Waals surface area contributed by atoms with Crippen molar-refractivity contribution in [2.75, 3.05) is 20.6 Å². The number of hydrogen-bond acceptors (Lipinski definition) is 2. The van der Waals surface area contributed by atoms with Gasteiger partial charge in [-0.1, -0.05) is 0 Å². The van der Waals surface area contributed by atoms with Crippen LogP contribution in [0.25, 0.3) is 11.0 Å². The van der Waals surface area contributed by atoms with Crippen LogP contribution in [0.15, 0.2) is 12.1 Å². The van der Waals surface area contributed by atoms with E-state index in [0.29, 0.717) is 9.45 Å². The second kappa shape index (κ2) is 5.93. The van der Waals surface area contributed by atoms with E-state index in [4.69, 9.17) is 11.6 Å². The first-order valence-electron chi connectivity index (χ1n) is 6.00. The van der Waals surface area contributed by atoms with E-state index in [0.717, 1.165) is 23.4 Å². The molecule has 1 atom stereocenters. The van der Waals surface area contributed by atoms with E-state index in [-0.39, 0.29) is 11.9 Å². The summed E-state index contributed by atoms with van der Waals surface area (Å²) in [7, 11) is 4.03. The molecule has 6 heteroatoms. The van der Waals surface area contributed by atoms with Gasteiger partial charge in [0.25, 0.3) is 0 Å². The minimum Gasteiger partial charge on any atom is -0.323 e. The molecule has 2 rings (SSSR count). The number of halogens is 3. The van der Waals surface area contributed by atoms with Crippen LogP contribution in [0.5, 0.6) is 0 Å². The summed E-state index contributed by atoms with van der Waals surface area (Å²) in [6.45, 7) is 2.94. The fourth-order valence-electron chi connectivity index (χ4n) is 2.34. The number of likely N-dealkylation sites (N-methyl/N-ethyl adjacent to an activating group) is 1. The maximum atomic E-state index is 13.8. The molecule has 1 aromatic carbocycles. The predicted octanol–water partition coefficient (Wildman–Crippen LogP) is 3.64. The number of rotatable bonds is 4. The quantitative estimate of drug-likeness (QED) is 0.582. The fourth-order valence-corrected chi connectivity index (χ4v) is 2.98. The minimum atomic E-state index is -0.215. The normalized spacial score (nSPS) is 13.4. The molecule has 1 unspecified atom stereocenters. The van der Waals surface area contributed by atoms with Gasteiger partial charge in [-0.05, 0) is 49.7 Å². The van der Waals surface area contributed by atoms with Crippen molar-refractivity contribution in [2.24, 2.45) is 0 Å². The van der Waals surface area contributed by atoms with Crippen molar-refractivity contribution in [1.29, 1.82) is 0 Å². The zero-order valence-corrected chi connectivity index (χ0v) is 14.0. The van der Waals surface area contributed by atoms with Gasteiger partial charge in [-0.15, -0.1) is 11.6 Å². The van der Waals surface area contributed by atoms with Gasteiger partial charge in [-0.25, -0.2) is 9.37 Å². The first kappa shape index (κ1) is 15.0. The maximum absolute atomic E-state index is 13.8. The predicted molar refractivity (Wildman–Crippen MR) is 85.2 cm³/mol. The van der Waals surface area contributed by atoms with Crippen molar-refractivity contribution in [3.05, 3.63) is 27.3 Å². The van der Waals surface area contributed by atoms with Crippen LogP contribution in [0.3, 0.4) is 0 Å². The summed E-state index contributed by atoms with van der Waals surface area (Å²) >= 11 is 7.95. The zero-order valence-electron chi connectivity index (χ0n) is 11.1. The monoisotopic (exact) mass is 395 g/mol. The van der Waals surface area contributed by atoms with E-state index in [9.17, 15) is 4.39 Å². The second-order valence-corrected chi connectivity index (χ2v) is 6.33. The van der Waals surface area contributed by atoms with Crippen molar-refractivity contribution in [1.82, 2.24) is 14.5 Å². The van der Waals surface area contributed by atoms with Crippen LogP contribution in [0, 0.1) is 9.39 Å². The van der Waals surface area contributed by atoms with Crippen molar-refractivity contribution < 1.29 is 4.39 Å².